The zero-order valence-corrected chi connectivity index (χ0v) is 9.46. The summed E-state index contributed by atoms with van der Waals surface area (Å²) in [6, 6.07) is 8.89. The number of hydrogen-bond donors (Lipinski definition) is 2. The number of anilines is 2. The van der Waals surface area contributed by atoms with Crippen molar-refractivity contribution < 1.29 is 9.59 Å². The second-order valence-corrected chi connectivity index (χ2v) is 3.52. The van der Waals surface area contributed by atoms with Crippen LogP contribution < -0.4 is 10.6 Å². The molecule has 0 saturated carbocycles. The Morgan fingerprint density at radius 1 is 0.944 bits per heavy atom. The molecule has 1 aromatic heterocycles. The van der Waals surface area contributed by atoms with Crippen LogP contribution in [0.2, 0.25) is 0 Å². The number of carbonyl (C=O) groups is 2. The van der Waals surface area contributed by atoms with Crippen molar-refractivity contribution in [3.63, 3.8) is 0 Å². The Balaban J connectivity index is 2.50. The zero-order valence-electron chi connectivity index (χ0n) is 9.46. The normalized spacial score (nSPS) is 9.56. The minimum atomic E-state index is 0.610. The third-order valence-electron chi connectivity index (χ3n) is 2.45. The minimum Gasteiger partial charge on any atom is -0.329 e. The van der Waals surface area contributed by atoms with Gasteiger partial charge in [0.05, 0.1) is 0 Å². The Morgan fingerprint density at radius 2 is 1.67 bits per heavy atom. The molecule has 0 aliphatic heterocycles. The largest absolute Gasteiger partial charge is 0.329 e. The summed E-state index contributed by atoms with van der Waals surface area (Å²) < 4.78 is 0. The molecule has 0 unspecified atom stereocenters. The molecule has 0 atom stereocenters. The third-order valence-corrected chi connectivity index (χ3v) is 2.45. The molecule has 2 N–H and O–H groups in total. The third kappa shape index (κ3) is 2.52. The van der Waals surface area contributed by atoms with Crippen LogP contribution in [0.5, 0.6) is 0 Å². The smallest absolute Gasteiger partial charge is 0.211 e. The molecular weight excluding hydrogens is 230 g/mol. The van der Waals surface area contributed by atoms with Gasteiger partial charge in [0.1, 0.15) is 0 Å². The summed E-state index contributed by atoms with van der Waals surface area (Å²) in [6.07, 6.45) is 4.56. The van der Waals surface area contributed by atoms with E-state index in [2.05, 4.69) is 15.6 Å². The van der Waals surface area contributed by atoms with Crippen molar-refractivity contribution in [3.05, 3.63) is 42.7 Å². The first-order chi connectivity index (χ1) is 8.85. The molecule has 0 radical (unpaired) electrons. The van der Waals surface area contributed by atoms with E-state index < -0.39 is 0 Å². The van der Waals surface area contributed by atoms with Crippen molar-refractivity contribution in [2.24, 2.45) is 0 Å². The van der Waals surface area contributed by atoms with Gasteiger partial charge < -0.3 is 10.6 Å². The lowest BCUT2D eigenvalue weighted by atomic mass is 10.0. The number of hydrogen-bond acceptors (Lipinski definition) is 3. The molecule has 18 heavy (non-hydrogen) atoms. The van der Waals surface area contributed by atoms with E-state index in [1.807, 2.05) is 12.1 Å². The molecule has 0 aliphatic rings. The summed E-state index contributed by atoms with van der Waals surface area (Å²) in [4.78, 5) is 25.0. The van der Waals surface area contributed by atoms with Gasteiger partial charge in [-0.15, -0.1) is 0 Å². The van der Waals surface area contributed by atoms with E-state index in [1.165, 1.54) is 0 Å². The number of benzene rings is 1. The maximum atomic E-state index is 10.6. The van der Waals surface area contributed by atoms with Crippen molar-refractivity contribution in [1.29, 1.82) is 0 Å². The molecular formula is C13H11N3O2. The summed E-state index contributed by atoms with van der Waals surface area (Å²) in [5.74, 6) is 0. The van der Waals surface area contributed by atoms with Gasteiger partial charge in [-0.2, -0.15) is 0 Å². The highest BCUT2D eigenvalue weighted by atomic mass is 16.1. The summed E-state index contributed by atoms with van der Waals surface area (Å²) in [5.41, 5.74) is 3.06. The lowest BCUT2D eigenvalue weighted by Crippen LogP contribution is -1.99. The van der Waals surface area contributed by atoms with Crippen molar-refractivity contribution in [2.75, 3.05) is 10.6 Å². The molecule has 0 saturated heterocycles. The van der Waals surface area contributed by atoms with E-state index in [0.717, 1.165) is 11.1 Å². The Hall–Kier alpha value is -2.69. The molecule has 2 aromatic rings. The Morgan fingerprint density at radius 3 is 2.33 bits per heavy atom. The van der Waals surface area contributed by atoms with Gasteiger partial charge in [-0.25, -0.2) is 0 Å². The molecule has 1 aromatic carbocycles. The molecule has 1 heterocycles. The summed E-state index contributed by atoms with van der Waals surface area (Å²) >= 11 is 0. The fourth-order valence-electron chi connectivity index (χ4n) is 1.66. The second-order valence-electron chi connectivity index (χ2n) is 3.52. The lowest BCUT2D eigenvalue weighted by Gasteiger charge is -2.10. The Kier molecular flexibility index (Phi) is 3.66. The number of aromatic nitrogens is 1. The molecule has 0 fully saturated rings. The number of nitrogens with zero attached hydrogens (tertiary/aromatic N) is 1. The number of nitrogens with one attached hydrogen (secondary N) is 2. The van der Waals surface area contributed by atoms with Crippen LogP contribution >= 0.6 is 0 Å². The van der Waals surface area contributed by atoms with Crippen molar-refractivity contribution in [1.82, 2.24) is 4.98 Å². The van der Waals surface area contributed by atoms with Gasteiger partial charge >= 0.3 is 0 Å². The molecule has 2 rings (SSSR count). The molecule has 0 bridgehead atoms. The zero-order chi connectivity index (χ0) is 12.8. The van der Waals surface area contributed by atoms with Crippen LogP contribution in [0.25, 0.3) is 11.1 Å². The van der Waals surface area contributed by atoms with Crippen LogP contribution in [-0.2, 0) is 9.59 Å². The van der Waals surface area contributed by atoms with E-state index in [1.54, 1.807) is 30.6 Å². The highest BCUT2D eigenvalue weighted by Crippen LogP contribution is 2.30. The molecule has 90 valence electrons. The maximum absolute atomic E-state index is 10.6. The number of amides is 2. The highest BCUT2D eigenvalue weighted by molar-refractivity contribution is 5.88. The average Bonchev–Trinajstić information content (AvgIpc) is 2.42. The Bertz CT molecular complexity index is 555. The summed E-state index contributed by atoms with van der Waals surface area (Å²) in [7, 11) is 0. The lowest BCUT2D eigenvalue weighted by molar-refractivity contribution is -0.106. The minimum absolute atomic E-state index is 0.610. The average molecular weight is 241 g/mol. The molecule has 0 spiro atoms. The number of rotatable bonds is 5. The standard InChI is InChI=1S/C13H11N3O2/c17-8-15-11-1-2-13(16-9-18)12(7-11)10-3-5-14-6-4-10/h1-9H,(H,15,17)(H,16,18). The van der Waals surface area contributed by atoms with Crippen LogP contribution in [0.15, 0.2) is 42.7 Å². The molecule has 2 amide bonds. The van der Waals surface area contributed by atoms with E-state index in [0.29, 0.717) is 24.2 Å². The van der Waals surface area contributed by atoms with Crippen LogP contribution in [0.1, 0.15) is 0 Å². The topological polar surface area (TPSA) is 71.1 Å². The first kappa shape index (κ1) is 11.8. The van der Waals surface area contributed by atoms with Crippen molar-refractivity contribution >= 4 is 24.2 Å². The van der Waals surface area contributed by atoms with Gasteiger partial charge in [0.2, 0.25) is 12.8 Å². The molecule has 0 aliphatic carbocycles. The van der Waals surface area contributed by atoms with Gasteiger partial charge in [-0.05, 0) is 35.9 Å². The quantitative estimate of drug-likeness (QED) is 0.785. The van der Waals surface area contributed by atoms with Crippen molar-refractivity contribution in [2.45, 2.75) is 0 Å². The van der Waals surface area contributed by atoms with Gasteiger partial charge in [0, 0.05) is 29.3 Å². The van der Waals surface area contributed by atoms with Crippen LogP contribution in [0.3, 0.4) is 0 Å². The first-order valence-electron chi connectivity index (χ1n) is 5.30. The van der Waals surface area contributed by atoms with Gasteiger partial charge in [0.25, 0.3) is 0 Å². The number of carbonyl (C=O) groups excluding carboxylic acids is 2. The molecule has 5 nitrogen and oxygen atoms in total. The van der Waals surface area contributed by atoms with E-state index in [-0.39, 0.29) is 0 Å². The monoisotopic (exact) mass is 241 g/mol. The maximum Gasteiger partial charge on any atom is 0.211 e. The van der Waals surface area contributed by atoms with Crippen LogP contribution in [0, 0.1) is 0 Å². The highest BCUT2D eigenvalue weighted by Gasteiger charge is 2.05. The predicted octanol–water partition coefficient (Wildman–Crippen LogP) is 1.89. The van der Waals surface area contributed by atoms with E-state index in [4.69, 9.17) is 0 Å². The summed E-state index contributed by atoms with van der Waals surface area (Å²) in [5, 5.41) is 5.20. The summed E-state index contributed by atoms with van der Waals surface area (Å²) in [6.45, 7) is 0. The SMILES string of the molecule is O=CNc1ccc(NC=O)c(-c2ccncc2)c1. The Labute approximate surface area is 104 Å². The van der Waals surface area contributed by atoms with Crippen molar-refractivity contribution in [3.8, 4) is 11.1 Å². The second kappa shape index (κ2) is 5.58. The fourth-order valence-corrected chi connectivity index (χ4v) is 1.66. The van der Waals surface area contributed by atoms with E-state index in [9.17, 15) is 9.59 Å². The molecule has 5 heteroatoms. The van der Waals surface area contributed by atoms with Crippen LogP contribution in [-0.4, -0.2) is 17.8 Å². The fraction of sp³-hybridized carbons (Fsp3) is 0. The first-order valence-corrected chi connectivity index (χ1v) is 5.30. The van der Waals surface area contributed by atoms with Gasteiger partial charge in [-0.1, -0.05) is 0 Å². The van der Waals surface area contributed by atoms with Gasteiger partial charge in [-0.3, -0.25) is 14.6 Å². The number of pyridine rings is 1. The van der Waals surface area contributed by atoms with Gasteiger partial charge in [0.15, 0.2) is 0 Å². The van der Waals surface area contributed by atoms with E-state index >= 15 is 0 Å². The van der Waals surface area contributed by atoms with Crippen LogP contribution in [0.4, 0.5) is 11.4 Å². The predicted molar refractivity (Wildman–Crippen MR) is 69.0 cm³/mol.